The number of carbonyl (C=O) groups excluding carboxylic acids is 4. The first-order valence-corrected chi connectivity index (χ1v) is 19.7. The van der Waals surface area contributed by atoms with Crippen LogP contribution in [0.2, 0.25) is 0 Å². The molecule has 0 spiro atoms. The summed E-state index contributed by atoms with van der Waals surface area (Å²) in [5.41, 5.74) is 0. The molecule has 8 heteroatoms. The zero-order valence-corrected chi connectivity index (χ0v) is 38.5. The zero-order valence-electron chi connectivity index (χ0n) is 34.2. The standard InChI is InChI=1S/C40H72O6.2K.2H/c1-3-5-7-9-11-13-15-17-19-21-23-25-27-29-31-33-37(41)45-39(43)35-36-40(44)46-38(42)34-32-30-28-26-24-22-20-18-16-14-12-10-8-6-4-2;;;;/h35-36H,3-34H2,1-2H3;;;;/q;2*+1;2*-1/b36-35+;;;;. The predicted octanol–water partition coefficient (Wildman–Crippen LogP) is 6.44. The maximum absolute atomic E-state index is 11.9. The molecule has 0 aromatic heterocycles. The maximum atomic E-state index is 11.9. The van der Waals surface area contributed by atoms with Gasteiger partial charge < -0.3 is 12.3 Å². The summed E-state index contributed by atoms with van der Waals surface area (Å²) in [6, 6.07) is 0. The van der Waals surface area contributed by atoms with Gasteiger partial charge in [-0.1, -0.05) is 194 Å². The van der Waals surface area contributed by atoms with E-state index in [2.05, 4.69) is 13.8 Å². The van der Waals surface area contributed by atoms with Gasteiger partial charge in [-0.25, -0.2) is 9.59 Å². The van der Waals surface area contributed by atoms with Crippen molar-refractivity contribution in [2.75, 3.05) is 0 Å². The second-order valence-electron chi connectivity index (χ2n) is 13.3. The van der Waals surface area contributed by atoms with Crippen molar-refractivity contribution < 1.29 is 134 Å². The van der Waals surface area contributed by atoms with Gasteiger partial charge in [-0.2, -0.15) is 0 Å². The molecule has 0 N–H and O–H groups in total. The van der Waals surface area contributed by atoms with E-state index in [9.17, 15) is 19.2 Å². The van der Waals surface area contributed by atoms with Crippen LogP contribution < -0.4 is 103 Å². The Labute approximate surface area is 384 Å². The molecule has 0 aliphatic rings. The molecule has 0 radical (unpaired) electrons. The molecule has 0 fully saturated rings. The minimum absolute atomic E-state index is 0. The number of ether oxygens (including phenoxy) is 2. The van der Waals surface area contributed by atoms with Crippen LogP contribution in [0, 0.1) is 0 Å². The third kappa shape index (κ3) is 43.5. The first-order valence-electron chi connectivity index (χ1n) is 19.7. The van der Waals surface area contributed by atoms with Crippen LogP contribution in [0.5, 0.6) is 0 Å². The quantitative estimate of drug-likeness (QED) is 0.0250. The normalized spacial score (nSPS) is 10.8. The Bertz CT molecular complexity index is 721. The summed E-state index contributed by atoms with van der Waals surface area (Å²) in [5.74, 6) is -3.03. The Morgan fingerprint density at radius 3 is 0.750 bits per heavy atom. The van der Waals surface area contributed by atoms with Crippen LogP contribution in [0.1, 0.15) is 222 Å². The fraction of sp³-hybridized carbons (Fsp3) is 0.850. The van der Waals surface area contributed by atoms with Crippen LogP contribution in [0.25, 0.3) is 0 Å². The molecule has 0 saturated heterocycles. The summed E-state index contributed by atoms with van der Waals surface area (Å²) in [6.45, 7) is 4.51. The zero-order chi connectivity index (χ0) is 33.8. The molecule has 0 heterocycles. The molecule has 0 bridgehead atoms. The molecule has 48 heavy (non-hydrogen) atoms. The van der Waals surface area contributed by atoms with Gasteiger partial charge in [-0.05, 0) is 12.8 Å². The van der Waals surface area contributed by atoms with Crippen molar-refractivity contribution in [3.8, 4) is 0 Å². The average Bonchev–Trinajstić information content (AvgIpc) is 3.03. The summed E-state index contributed by atoms with van der Waals surface area (Å²) in [5, 5.41) is 0. The fourth-order valence-electron chi connectivity index (χ4n) is 5.81. The van der Waals surface area contributed by atoms with Crippen LogP contribution >= 0.6 is 0 Å². The summed E-state index contributed by atoms with van der Waals surface area (Å²) in [4.78, 5) is 47.4. The smallest absolute Gasteiger partial charge is 1.00 e. The summed E-state index contributed by atoms with van der Waals surface area (Å²) in [7, 11) is 0. The maximum Gasteiger partial charge on any atom is 1.00 e. The average molecular weight is 729 g/mol. The van der Waals surface area contributed by atoms with Crippen LogP contribution in [-0.4, -0.2) is 23.9 Å². The van der Waals surface area contributed by atoms with Crippen molar-refractivity contribution in [2.45, 2.75) is 219 Å². The Morgan fingerprint density at radius 2 is 0.542 bits per heavy atom. The van der Waals surface area contributed by atoms with Gasteiger partial charge in [0.25, 0.3) is 0 Å². The Morgan fingerprint density at radius 1 is 0.354 bits per heavy atom. The minimum Gasteiger partial charge on any atom is -1.00 e. The van der Waals surface area contributed by atoms with Gasteiger partial charge in [0, 0.05) is 25.0 Å². The number of hydrogen-bond donors (Lipinski definition) is 0. The molecule has 0 aromatic carbocycles. The van der Waals surface area contributed by atoms with Gasteiger partial charge >= 0.3 is 127 Å². The number of carbonyl (C=O) groups is 4. The van der Waals surface area contributed by atoms with Crippen LogP contribution in [0.4, 0.5) is 0 Å². The van der Waals surface area contributed by atoms with Crippen LogP contribution in [0.3, 0.4) is 0 Å². The van der Waals surface area contributed by atoms with Crippen molar-refractivity contribution in [1.82, 2.24) is 0 Å². The molecular weight excluding hydrogens is 655 g/mol. The van der Waals surface area contributed by atoms with E-state index in [4.69, 9.17) is 9.47 Å². The first kappa shape index (κ1) is 53.6. The van der Waals surface area contributed by atoms with E-state index in [0.29, 0.717) is 12.8 Å². The minimum atomic E-state index is -0.919. The molecule has 0 aromatic rings. The van der Waals surface area contributed by atoms with E-state index in [0.717, 1.165) is 37.8 Å². The van der Waals surface area contributed by atoms with Crippen molar-refractivity contribution >= 4 is 23.9 Å². The SMILES string of the molecule is CCCCCCCCCCCCCCCCCC(=O)OC(=O)/C=C/C(=O)OC(=O)CCCCCCCCCCCCCCCCC.[H-].[H-].[K+].[K+]. The third-order valence-electron chi connectivity index (χ3n) is 8.75. The largest absolute Gasteiger partial charge is 1.00 e. The van der Waals surface area contributed by atoms with Gasteiger partial charge in [0.1, 0.15) is 0 Å². The van der Waals surface area contributed by atoms with E-state index in [-0.39, 0.29) is 118 Å². The predicted molar refractivity (Wildman–Crippen MR) is 193 cm³/mol. The van der Waals surface area contributed by atoms with E-state index >= 15 is 0 Å². The Hall–Kier alpha value is 1.29. The van der Waals surface area contributed by atoms with Crippen LogP contribution in [-0.2, 0) is 28.7 Å². The number of esters is 4. The van der Waals surface area contributed by atoms with Crippen LogP contribution in [0.15, 0.2) is 12.2 Å². The molecule has 0 aliphatic heterocycles. The van der Waals surface area contributed by atoms with Gasteiger partial charge in [-0.15, -0.1) is 0 Å². The molecule has 0 amide bonds. The van der Waals surface area contributed by atoms with Gasteiger partial charge in [-0.3, -0.25) is 9.59 Å². The summed E-state index contributed by atoms with van der Waals surface area (Å²) in [6.07, 6.45) is 39.3. The Kier molecular flexibility index (Phi) is 49.7. The van der Waals surface area contributed by atoms with E-state index < -0.39 is 23.9 Å². The van der Waals surface area contributed by atoms with Crippen molar-refractivity contribution in [2.24, 2.45) is 0 Å². The second kappa shape index (κ2) is 44.5. The van der Waals surface area contributed by atoms with Crippen molar-refractivity contribution in [3.05, 3.63) is 12.2 Å². The van der Waals surface area contributed by atoms with E-state index in [1.165, 1.54) is 154 Å². The van der Waals surface area contributed by atoms with Crippen molar-refractivity contribution in [1.29, 1.82) is 0 Å². The van der Waals surface area contributed by atoms with Gasteiger partial charge in [0.2, 0.25) is 0 Å². The summed E-state index contributed by atoms with van der Waals surface area (Å²) < 4.78 is 9.46. The fourth-order valence-corrected chi connectivity index (χ4v) is 5.81. The third-order valence-corrected chi connectivity index (χ3v) is 8.75. The number of unbranched alkanes of at least 4 members (excludes halogenated alkanes) is 28. The number of rotatable bonds is 34. The van der Waals surface area contributed by atoms with Gasteiger partial charge in [0.05, 0.1) is 0 Å². The van der Waals surface area contributed by atoms with E-state index in [1.54, 1.807) is 0 Å². The van der Waals surface area contributed by atoms with E-state index in [1.807, 2.05) is 0 Å². The molecule has 272 valence electrons. The number of hydrogen-bond acceptors (Lipinski definition) is 6. The summed E-state index contributed by atoms with van der Waals surface area (Å²) >= 11 is 0. The molecule has 0 unspecified atom stereocenters. The second-order valence-corrected chi connectivity index (χ2v) is 13.3. The monoisotopic (exact) mass is 728 g/mol. The molecule has 0 atom stereocenters. The van der Waals surface area contributed by atoms with Gasteiger partial charge in [0.15, 0.2) is 0 Å². The molecule has 0 rings (SSSR count). The Balaban J connectivity index is -0.00000169. The molecular formula is C40H74K2O6. The topological polar surface area (TPSA) is 86.7 Å². The molecule has 0 aliphatic carbocycles. The first-order chi connectivity index (χ1) is 22.5. The molecule has 6 nitrogen and oxygen atoms in total. The van der Waals surface area contributed by atoms with Crippen molar-refractivity contribution in [3.63, 3.8) is 0 Å². The molecule has 0 saturated carbocycles.